The van der Waals surface area contributed by atoms with E-state index >= 15 is 0 Å². The predicted molar refractivity (Wildman–Crippen MR) is 83.9 cm³/mol. The van der Waals surface area contributed by atoms with E-state index < -0.39 is 6.69 Å². The second kappa shape index (κ2) is 5.35. The van der Waals surface area contributed by atoms with Crippen LogP contribution in [0.1, 0.15) is 0 Å². The Kier molecular flexibility index (Phi) is 4.00. The summed E-state index contributed by atoms with van der Waals surface area (Å²) in [5.74, 6) is 0. The number of nitrogens with zero attached hydrogens (tertiary/aromatic N) is 1. The molecule has 0 amide bonds. The molecule has 0 spiro atoms. The lowest BCUT2D eigenvalue weighted by Gasteiger charge is -2.19. The van der Waals surface area contributed by atoms with E-state index in [1.54, 1.807) is 0 Å². The third-order valence-electron chi connectivity index (χ3n) is 2.88. The first kappa shape index (κ1) is 13.5. The molecule has 0 heterocycles. The van der Waals surface area contributed by atoms with Crippen LogP contribution >= 0.6 is 22.2 Å². The largest absolute Gasteiger partial charge is 0.378 e. The Bertz CT molecular complexity index is 509. The molecule has 0 N–H and O–H groups in total. The molecule has 0 aliphatic rings. The highest BCUT2D eigenvalue weighted by Crippen LogP contribution is 2.17. The van der Waals surface area contributed by atoms with Crippen LogP contribution < -0.4 is 15.3 Å². The molecular weight excluding hydrogens is 281 g/mol. The SMILES string of the molecule is CN(C)c1ccc([Si](Cl)(Cl)c2ccccc2)cc1. The summed E-state index contributed by atoms with van der Waals surface area (Å²) in [6.45, 7) is -2.59. The Morgan fingerprint density at radius 2 is 1.28 bits per heavy atom. The Labute approximate surface area is 118 Å². The molecule has 0 atom stereocenters. The van der Waals surface area contributed by atoms with Crippen molar-refractivity contribution in [1.82, 2.24) is 0 Å². The van der Waals surface area contributed by atoms with Gasteiger partial charge in [0.15, 0.2) is 0 Å². The van der Waals surface area contributed by atoms with E-state index in [0.717, 1.165) is 16.1 Å². The number of rotatable bonds is 3. The monoisotopic (exact) mass is 295 g/mol. The molecule has 0 aliphatic carbocycles. The summed E-state index contributed by atoms with van der Waals surface area (Å²) in [6, 6.07) is 18.0. The fourth-order valence-electron chi connectivity index (χ4n) is 1.78. The third-order valence-corrected chi connectivity index (χ3v) is 7.62. The molecular formula is C14H15Cl2NSi. The van der Waals surface area contributed by atoms with E-state index in [2.05, 4.69) is 4.90 Å². The average Bonchev–Trinajstić information content (AvgIpc) is 2.40. The number of hydrogen-bond acceptors (Lipinski definition) is 1. The second-order valence-corrected chi connectivity index (χ2v) is 10.7. The number of benzene rings is 2. The zero-order chi connectivity index (χ0) is 13.2. The molecule has 0 aliphatic heterocycles. The summed E-state index contributed by atoms with van der Waals surface area (Å²) in [5.41, 5.74) is 1.14. The van der Waals surface area contributed by atoms with E-state index in [0.29, 0.717) is 0 Å². The van der Waals surface area contributed by atoms with Gasteiger partial charge in [0.1, 0.15) is 0 Å². The zero-order valence-electron chi connectivity index (χ0n) is 10.4. The van der Waals surface area contributed by atoms with Gasteiger partial charge >= 0.3 is 6.69 Å². The van der Waals surface area contributed by atoms with Gasteiger partial charge in [0.05, 0.1) is 0 Å². The van der Waals surface area contributed by atoms with E-state index in [9.17, 15) is 0 Å². The van der Waals surface area contributed by atoms with Crippen LogP contribution in [0.2, 0.25) is 0 Å². The Balaban J connectivity index is 2.36. The fourth-order valence-corrected chi connectivity index (χ4v) is 4.82. The van der Waals surface area contributed by atoms with Gasteiger partial charge in [-0.15, -0.1) is 22.2 Å². The highest BCUT2D eigenvalue weighted by molar-refractivity contribution is 7.56. The maximum absolute atomic E-state index is 6.61. The van der Waals surface area contributed by atoms with Crippen LogP contribution in [-0.4, -0.2) is 20.8 Å². The van der Waals surface area contributed by atoms with Crippen molar-refractivity contribution in [3.8, 4) is 0 Å². The lowest BCUT2D eigenvalue weighted by atomic mass is 10.3. The van der Waals surface area contributed by atoms with Crippen LogP contribution in [0, 0.1) is 0 Å². The number of halogens is 2. The molecule has 0 aromatic heterocycles. The molecule has 2 aromatic rings. The second-order valence-electron chi connectivity index (χ2n) is 4.38. The van der Waals surface area contributed by atoms with Gasteiger partial charge in [-0.2, -0.15) is 0 Å². The molecule has 18 heavy (non-hydrogen) atoms. The third kappa shape index (κ3) is 2.71. The summed E-state index contributed by atoms with van der Waals surface area (Å²) < 4.78 is 0. The molecule has 0 saturated heterocycles. The standard InChI is InChI=1S/C14H15Cl2NSi/c1-17(2)12-8-10-14(11-9-12)18(15,16)13-6-4-3-5-7-13/h3-11H,1-2H3. The molecule has 94 valence electrons. The topological polar surface area (TPSA) is 3.24 Å². The van der Waals surface area contributed by atoms with Gasteiger partial charge in [0.25, 0.3) is 0 Å². The highest BCUT2D eigenvalue weighted by Gasteiger charge is 2.33. The maximum atomic E-state index is 6.61. The van der Waals surface area contributed by atoms with E-state index in [-0.39, 0.29) is 0 Å². The summed E-state index contributed by atoms with van der Waals surface area (Å²) in [6.07, 6.45) is 0. The van der Waals surface area contributed by atoms with Crippen molar-refractivity contribution in [3.05, 3.63) is 54.6 Å². The molecule has 0 bridgehead atoms. The zero-order valence-corrected chi connectivity index (χ0v) is 12.9. The molecule has 0 fully saturated rings. The Morgan fingerprint density at radius 1 is 0.778 bits per heavy atom. The van der Waals surface area contributed by atoms with Gasteiger partial charge in [-0.25, -0.2) is 0 Å². The van der Waals surface area contributed by atoms with Gasteiger partial charge in [0, 0.05) is 19.8 Å². The molecule has 4 heteroatoms. The maximum Gasteiger partial charge on any atom is 0.310 e. The van der Waals surface area contributed by atoms with Gasteiger partial charge in [-0.1, -0.05) is 42.5 Å². The van der Waals surface area contributed by atoms with Crippen molar-refractivity contribution in [2.75, 3.05) is 19.0 Å². The van der Waals surface area contributed by atoms with Crippen LogP contribution in [0.15, 0.2) is 54.6 Å². The minimum atomic E-state index is -2.59. The van der Waals surface area contributed by atoms with Crippen molar-refractivity contribution >= 4 is 44.9 Å². The normalized spacial score (nSPS) is 11.3. The van der Waals surface area contributed by atoms with Crippen molar-refractivity contribution in [1.29, 1.82) is 0 Å². The molecule has 0 radical (unpaired) electrons. The van der Waals surface area contributed by atoms with Crippen LogP contribution in [-0.2, 0) is 0 Å². The quantitative estimate of drug-likeness (QED) is 0.622. The summed E-state index contributed by atoms with van der Waals surface area (Å²) in [7, 11) is 4.02. The number of anilines is 1. The van der Waals surface area contributed by atoms with Crippen molar-refractivity contribution < 1.29 is 0 Å². The van der Waals surface area contributed by atoms with Crippen LogP contribution in [0.4, 0.5) is 5.69 Å². The fraction of sp³-hybridized carbons (Fsp3) is 0.143. The average molecular weight is 296 g/mol. The first-order valence-electron chi connectivity index (χ1n) is 5.73. The van der Waals surface area contributed by atoms with Gasteiger partial charge in [0.2, 0.25) is 0 Å². The van der Waals surface area contributed by atoms with Crippen LogP contribution in [0.5, 0.6) is 0 Å². The van der Waals surface area contributed by atoms with E-state index in [1.165, 1.54) is 0 Å². The van der Waals surface area contributed by atoms with E-state index in [4.69, 9.17) is 22.2 Å². The molecule has 0 unspecified atom stereocenters. The lowest BCUT2D eigenvalue weighted by Crippen LogP contribution is -2.48. The summed E-state index contributed by atoms with van der Waals surface area (Å²) >= 11 is 13.2. The summed E-state index contributed by atoms with van der Waals surface area (Å²) in [5, 5.41) is 2.04. The number of hydrogen-bond donors (Lipinski definition) is 0. The van der Waals surface area contributed by atoms with Gasteiger partial charge in [-0.05, 0) is 22.5 Å². The van der Waals surface area contributed by atoms with Crippen molar-refractivity contribution in [2.45, 2.75) is 0 Å². The minimum Gasteiger partial charge on any atom is -0.378 e. The molecule has 0 saturated carbocycles. The first-order chi connectivity index (χ1) is 8.51. The van der Waals surface area contributed by atoms with Gasteiger partial charge < -0.3 is 4.90 Å². The van der Waals surface area contributed by atoms with E-state index in [1.807, 2.05) is 68.7 Å². The molecule has 1 nitrogen and oxygen atoms in total. The van der Waals surface area contributed by atoms with Gasteiger partial charge in [-0.3, -0.25) is 0 Å². The Hall–Kier alpha value is -0.963. The van der Waals surface area contributed by atoms with Crippen LogP contribution in [0.3, 0.4) is 0 Å². The van der Waals surface area contributed by atoms with Crippen molar-refractivity contribution in [2.24, 2.45) is 0 Å². The molecule has 2 aromatic carbocycles. The molecule has 2 rings (SSSR count). The highest BCUT2D eigenvalue weighted by atomic mass is 35.7. The Morgan fingerprint density at radius 3 is 1.78 bits per heavy atom. The smallest absolute Gasteiger partial charge is 0.310 e. The lowest BCUT2D eigenvalue weighted by molar-refractivity contribution is 1.13. The minimum absolute atomic E-state index is 1.02. The summed E-state index contributed by atoms with van der Waals surface area (Å²) in [4.78, 5) is 2.05. The predicted octanol–water partition coefficient (Wildman–Crippen LogP) is 2.79. The first-order valence-corrected chi connectivity index (χ1v) is 9.75. The van der Waals surface area contributed by atoms with Crippen molar-refractivity contribution in [3.63, 3.8) is 0 Å². The van der Waals surface area contributed by atoms with Crippen LogP contribution in [0.25, 0.3) is 0 Å².